The first-order valence-electron chi connectivity index (χ1n) is 12.8. The van der Waals surface area contributed by atoms with Crippen LogP contribution in [0.2, 0.25) is 0 Å². The Labute approximate surface area is 226 Å². The summed E-state index contributed by atoms with van der Waals surface area (Å²) in [5.74, 6) is -1.20. The summed E-state index contributed by atoms with van der Waals surface area (Å²) in [6, 6.07) is 4.98. The highest BCUT2D eigenvalue weighted by atomic mass is 16.7. The zero-order valence-corrected chi connectivity index (χ0v) is 22.6. The zero-order valence-electron chi connectivity index (χ0n) is 22.6. The highest BCUT2D eigenvalue weighted by molar-refractivity contribution is 6.24. The molecule has 3 amide bonds. The summed E-state index contributed by atoms with van der Waals surface area (Å²) >= 11 is 0. The number of nitrogens with zero attached hydrogens (tertiary/aromatic N) is 2. The Kier molecular flexibility index (Phi) is 9.96. The molecule has 1 fully saturated rings. The van der Waals surface area contributed by atoms with Crippen LogP contribution in [-0.2, 0) is 14.3 Å². The summed E-state index contributed by atoms with van der Waals surface area (Å²) in [6.07, 6.45) is 3.97. The third kappa shape index (κ3) is 7.30. The molecule has 1 aliphatic carbocycles. The molecule has 3 rings (SSSR count). The van der Waals surface area contributed by atoms with Gasteiger partial charge in [0.2, 0.25) is 6.79 Å². The van der Waals surface area contributed by atoms with Crippen LogP contribution in [0.25, 0.3) is 0 Å². The molecule has 0 spiro atoms. The van der Waals surface area contributed by atoms with E-state index in [4.69, 9.17) is 14.9 Å². The smallest absolute Gasteiger partial charge is 0.423 e. The van der Waals surface area contributed by atoms with Gasteiger partial charge in [-0.1, -0.05) is 19.9 Å². The molecule has 12 nitrogen and oxygen atoms in total. The lowest BCUT2D eigenvalue weighted by atomic mass is 10.1. The summed E-state index contributed by atoms with van der Waals surface area (Å²) in [5, 5.41) is 13.4. The molecular weight excluding hydrogens is 504 g/mol. The summed E-state index contributed by atoms with van der Waals surface area (Å²) in [5.41, 5.74) is 2.29. The molecule has 1 heterocycles. The van der Waals surface area contributed by atoms with Gasteiger partial charge in [-0.15, -0.1) is 0 Å². The second-order valence-corrected chi connectivity index (χ2v) is 9.02. The van der Waals surface area contributed by atoms with Gasteiger partial charge in [-0.05, 0) is 56.4 Å². The number of nitrogens with one attached hydrogen (secondary N) is 4. The van der Waals surface area contributed by atoms with Crippen LogP contribution in [0.5, 0.6) is 0 Å². The minimum Gasteiger partial charge on any atom is -0.428 e. The van der Waals surface area contributed by atoms with Crippen LogP contribution in [0.15, 0.2) is 29.4 Å². The predicted octanol–water partition coefficient (Wildman–Crippen LogP) is 3.57. The van der Waals surface area contributed by atoms with Crippen molar-refractivity contribution in [3.63, 3.8) is 0 Å². The largest absolute Gasteiger partial charge is 0.428 e. The number of hydrogen-bond donors (Lipinski definition) is 4. The lowest BCUT2D eigenvalue weighted by molar-refractivity contribution is -0.151. The Morgan fingerprint density at radius 2 is 1.90 bits per heavy atom. The number of amidine groups is 1. The Morgan fingerprint density at radius 1 is 1.15 bits per heavy atom. The standard InChI is InChI=1S/C27H34N6O6/c1-5-11-29-26(36)20-13-30-23(17(20)4)24(31-14-28)33(27(37)39-15-38-22(34)6-2)21-12-18(8-7-16(21)3)25(35)32-19-9-10-19/h7-8,12-14,19,28,30H,5-6,9-11,15H2,1-4H3,(H,29,36)(H,32,35). The highest BCUT2D eigenvalue weighted by Crippen LogP contribution is 2.27. The molecule has 1 saturated carbocycles. The van der Waals surface area contributed by atoms with Crippen LogP contribution in [0.1, 0.15) is 77.1 Å². The molecule has 0 bridgehead atoms. The number of ether oxygens (including phenoxy) is 2. The number of amides is 3. The number of aromatic amines is 1. The number of carbonyl (C=O) groups is 4. The van der Waals surface area contributed by atoms with Crippen LogP contribution >= 0.6 is 0 Å². The molecule has 0 atom stereocenters. The molecule has 2 aromatic rings. The summed E-state index contributed by atoms with van der Waals surface area (Å²) in [7, 11) is 0. The third-order valence-electron chi connectivity index (χ3n) is 6.04. The van der Waals surface area contributed by atoms with Gasteiger partial charge >= 0.3 is 12.1 Å². The first-order valence-corrected chi connectivity index (χ1v) is 12.8. The van der Waals surface area contributed by atoms with Crippen LogP contribution in [0.3, 0.4) is 0 Å². The van der Waals surface area contributed by atoms with E-state index in [-0.39, 0.29) is 41.5 Å². The molecule has 208 valence electrons. The molecule has 39 heavy (non-hydrogen) atoms. The van der Waals surface area contributed by atoms with Crippen LogP contribution in [0, 0.1) is 19.3 Å². The van der Waals surface area contributed by atoms with Gasteiger partial charge in [0.05, 0.1) is 16.9 Å². The lowest BCUT2D eigenvalue weighted by Gasteiger charge is -2.25. The van der Waals surface area contributed by atoms with Crippen LogP contribution < -0.4 is 15.5 Å². The molecule has 0 unspecified atom stereocenters. The monoisotopic (exact) mass is 538 g/mol. The van der Waals surface area contributed by atoms with Gasteiger partial charge in [0.25, 0.3) is 11.8 Å². The van der Waals surface area contributed by atoms with E-state index in [9.17, 15) is 19.2 Å². The number of esters is 1. The molecule has 0 saturated heterocycles. The quantitative estimate of drug-likeness (QED) is 0.148. The van der Waals surface area contributed by atoms with Gasteiger partial charge in [-0.25, -0.2) is 14.7 Å². The van der Waals surface area contributed by atoms with Crippen LogP contribution in [-0.4, -0.2) is 60.4 Å². The maximum atomic E-state index is 13.5. The van der Waals surface area contributed by atoms with E-state index < -0.39 is 18.9 Å². The van der Waals surface area contributed by atoms with Gasteiger partial charge in [-0.2, -0.15) is 0 Å². The Balaban J connectivity index is 2.07. The summed E-state index contributed by atoms with van der Waals surface area (Å²) in [4.78, 5) is 58.7. The number of rotatable bonds is 11. The summed E-state index contributed by atoms with van der Waals surface area (Å²) < 4.78 is 10.2. The highest BCUT2D eigenvalue weighted by Gasteiger charge is 2.31. The first kappa shape index (κ1) is 29.1. The summed E-state index contributed by atoms with van der Waals surface area (Å²) in [6.45, 7) is 6.81. The van der Waals surface area contributed by atoms with Crippen molar-refractivity contribution in [3.8, 4) is 0 Å². The molecule has 0 aliphatic heterocycles. The van der Waals surface area contributed by atoms with E-state index in [1.165, 1.54) is 12.3 Å². The van der Waals surface area contributed by atoms with Gasteiger partial charge in [0.1, 0.15) is 6.34 Å². The van der Waals surface area contributed by atoms with E-state index in [0.29, 0.717) is 28.8 Å². The Bertz CT molecular complexity index is 1280. The SMILES string of the molecule is CCCNC(=O)c1c[nH]c(C(=NC=N)N(C(=O)OCOC(=O)CC)c2cc(C(=O)NC3CC3)ccc2C)c1C. The molecule has 1 aliphatic rings. The normalized spacial score (nSPS) is 12.9. The number of aryl methyl sites for hydroxylation is 1. The number of aromatic nitrogens is 1. The molecule has 1 aromatic carbocycles. The fourth-order valence-electron chi connectivity index (χ4n) is 3.69. The number of H-pyrrole nitrogens is 1. The zero-order chi connectivity index (χ0) is 28.5. The van der Waals surface area contributed by atoms with Gasteiger partial charge < -0.3 is 25.1 Å². The van der Waals surface area contributed by atoms with E-state index in [1.54, 1.807) is 32.9 Å². The van der Waals surface area contributed by atoms with Crippen molar-refractivity contribution in [2.75, 3.05) is 18.2 Å². The number of anilines is 1. The van der Waals surface area contributed by atoms with Crippen molar-refractivity contribution in [1.29, 1.82) is 5.41 Å². The van der Waals surface area contributed by atoms with Crippen molar-refractivity contribution in [1.82, 2.24) is 15.6 Å². The first-order chi connectivity index (χ1) is 18.7. The third-order valence-corrected chi connectivity index (χ3v) is 6.04. The Morgan fingerprint density at radius 3 is 2.54 bits per heavy atom. The molecular formula is C27H34N6O6. The molecule has 4 N–H and O–H groups in total. The average molecular weight is 539 g/mol. The van der Waals surface area contributed by atoms with Gasteiger partial charge in [0.15, 0.2) is 5.84 Å². The van der Waals surface area contributed by atoms with E-state index in [2.05, 4.69) is 20.6 Å². The fraction of sp³-hybridized carbons (Fsp3) is 0.407. The minimum atomic E-state index is -0.965. The maximum Gasteiger partial charge on any atom is 0.423 e. The van der Waals surface area contributed by atoms with Gasteiger partial charge in [0, 0.05) is 30.8 Å². The lowest BCUT2D eigenvalue weighted by Crippen LogP contribution is -2.40. The molecule has 0 radical (unpaired) electrons. The van der Waals surface area contributed by atoms with E-state index >= 15 is 0 Å². The van der Waals surface area contributed by atoms with E-state index in [0.717, 1.165) is 30.5 Å². The van der Waals surface area contributed by atoms with Crippen molar-refractivity contribution >= 4 is 41.7 Å². The molecule has 12 heteroatoms. The second kappa shape index (κ2) is 13.4. The number of aliphatic imine (C=N–C) groups is 1. The Hall–Kier alpha value is -4.48. The van der Waals surface area contributed by atoms with Crippen molar-refractivity contribution in [3.05, 3.63) is 52.3 Å². The predicted molar refractivity (Wildman–Crippen MR) is 145 cm³/mol. The van der Waals surface area contributed by atoms with Crippen molar-refractivity contribution in [2.45, 2.75) is 59.4 Å². The van der Waals surface area contributed by atoms with Crippen LogP contribution in [0.4, 0.5) is 10.5 Å². The second-order valence-electron chi connectivity index (χ2n) is 9.02. The minimum absolute atomic E-state index is 0.0493. The van der Waals surface area contributed by atoms with Gasteiger partial charge in [-0.3, -0.25) is 19.8 Å². The van der Waals surface area contributed by atoms with Crippen molar-refractivity contribution < 1.29 is 28.7 Å². The average Bonchev–Trinajstić information content (AvgIpc) is 3.65. The molecule has 1 aromatic heterocycles. The van der Waals surface area contributed by atoms with E-state index in [1.807, 2.05) is 6.92 Å². The number of hydrogen-bond acceptors (Lipinski definition) is 7. The maximum absolute atomic E-state index is 13.5. The number of carbonyl (C=O) groups excluding carboxylic acids is 4. The fourth-order valence-corrected chi connectivity index (χ4v) is 3.69. The number of benzene rings is 1. The topological polar surface area (TPSA) is 166 Å². The van der Waals surface area contributed by atoms with Crippen molar-refractivity contribution in [2.24, 2.45) is 4.99 Å².